The molecule has 0 saturated carbocycles. The van der Waals surface area contributed by atoms with Gasteiger partial charge < -0.3 is 0 Å². The average molecular weight is 192 g/mol. The highest BCUT2D eigenvalue weighted by molar-refractivity contribution is 7.11. The molecule has 0 unspecified atom stereocenters. The third kappa shape index (κ3) is 3.65. The summed E-state index contributed by atoms with van der Waals surface area (Å²) < 4.78 is 0. The zero-order valence-electron chi connectivity index (χ0n) is 8.39. The fourth-order valence-electron chi connectivity index (χ4n) is 1.25. The van der Waals surface area contributed by atoms with E-state index in [0.717, 1.165) is 12.8 Å². The minimum atomic E-state index is 1.00. The van der Waals surface area contributed by atoms with Crippen molar-refractivity contribution in [2.75, 3.05) is 0 Å². The molecule has 0 N–H and O–H groups in total. The lowest BCUT2D eigenvalue weighted by Crippen LogP contribution is -1.75. The maximum absolute atomic E-state index is 3.09. The van der Waals surface area contributed by atoms with E-state index in [1.54, 1.807) is 0 Å². The summed E-state index contributed by atoms with van der Waals surface area (Å²) in [5, 5.41) is 0. The summed E-state index contributed by atoms with van der Waals surface area (Å²) in [4.78, 5) is 2.99. The Morgan fingerprint density at radius 2 is 1.92 bits per heavy atom. The molecule has 0 aliphatic heterocycles. The molecule has 1 aromatic rings. The smallest absolute Gasteiger partial charge is 0.0137 e. The van der Waals surface area contributed by atoms with Crippen LogP contribution in [0.3, 0.4) is 0 Å². The van der Waals surface area contributed by atoms with Gasteiger partial charge in [0.15, 0.2) is 0 Å². The largest absolute Gasteiger partial charge is 0.145 e. The molecule has 0 radical (unpaired) electrons. The Hall–Kier alpha value is -0.740. The molecule has 0 spiro atoms. The molecule has 0 bridgehead atoms. The minimum absolute atomic E-state index is 1.00. The molecule has 1 rings (SSSR count). The lowest BCUT2D eigenvalue weighted by molar-refractivity contribution is 0.940. The first kappa shape index (κ1) is 10.3. The first-order chi connectivity index (χ1) is 6.36. The molecule has 0 saturated heterocycles. The summed E-state index contributed by atoms with van der Waals surface area (Å²) in [7, 11) is 0. The van der Waals surface area contributed by atoms with Gasteiger partial charge in [0.25, 0.3) is 0 Å². The molecule has 13 heavy (non-hydrogen) atoms. The fraction of sp³-hybridized carbons (Fsp3) is 0.500. The van der Waals surface area contributed by atoms with Gasteiger partial charge in [-0.05, 0) is 31.9 Å². The summed E-state index contributed by atoms with van der Waals surface area (Å²) >= 11 is 1.94. The third-order valence-electron chi connectivity index (χ3n) is 1.89. The van der Waals surface area contributed by atoms with Gasteiger partial charge in [-0.2, -0.15) is 0 Å². The summed E-state index contributed by atoms with van der Waals surface area (Å²) in [5.41, 5.74) is 0. The van der Waals surface area contributed by atoms with Crippen LogP contribution < -0.4 is 0 Å². The van der Waals surface area contributed by atoms with E-state index in [1.807, 2.05) is 18.3 Å². The molecular formula is C12H16S. The number of hydrogen-bond acceptors (Lipinski definition) is 1. The molecule has 0 atom stereocenters. The van der Waals surface area contributed by atoms with Crippen LogP contribution in [0.15, 0.2) is 12.1 Å². The van der Waals surface area contributed by atoms with Crippen LogP contribution in [0.25, 0.3) is 0 Å². The van der Waals surface area contributed by atoms with Gasteiger partial charge >= 0.3 is 0 Å². The van der Waals surface area contributed by atoms with Gasteiger partial charge in [-0.3, -0.25) is 0 Å². The number of aryl methyl sites for hydroxylation is 2. The monoisotopic (exact) mass is 192 g/mol. The molecule has 0 amide bonds. The number of thiophene rings is 1. The van der Waals surface area contributed by atoms with Crippen LogP contribution in [-0.2, 0) is 12.8 Å². The van der Waals surface area contributed by atoms with Gasteiger partial charge in [-0.25, -0.2) is 0 Å². The van der Waals surface area contributed by atoms with Crippen molar-refractivity contribution in [3.63, 3.8) is 0 Å². The van der Waals surface area contributed by atoms with Crippen molar-refractivity contribution in [1.29, 1.82) is 0 Å². The van der Waals surface area contributed by atoms with E-state index >= 15 is 0 Å². The molecule has 1 aromatic heterocycles. The molecule has 1 heterocycles. The zero-order chi connectivity index (χ0) is 9.52. The lowest BCUT2D eigenvalue weighted by Gasteiger charge is -1.90. The number of hydrogen-bond donors (Lipinski definition) is 0. The van der Waals surface area contributed by atoms with Gasteiger partial charge in [0.1, 0.15) is 0 Å². The first-order valence-electron chi connectivity index (χ1n) is 4.84. The van der Waals surface area contributed by atoms with Crippen LogP contribution in [0.5, 0.6) is 0 Å². The van der Waals surface area contributed by atoms with Crippen molar-refractivity contribution >= 4 is 11.3 Å². The Kier molecular flexibility index (Phi) is 4.64. The van der Waals surface area contributed by atoms with E-state index in [2.05, 4.69) is 30.9 Å². The number of rotatable bonds is 4. The van der Waals surface area contributed by atoms with Gasteiger partial charge in [0.2, 0.25) is 0 Å². The standard InChI is InChI=1S/C12H16S/c1-3-5-6-8-12-10-9-11(13-12)7-4-2/h9-10H,4,6-8H2,1-2H3. The van der Waals surface area contributed by atoms with E-state index in [4.69, 9.17) is 0 Å². The highest BCUT2D eigenvalue weighted by Crippen LogP contribution is 2.19. The van der Waals surface area contributed by atoms with Gasteiger partial charge in [-0.15, -0.1) is 23.2 Å². The van der Waals surface area contributed by atoms with E-state index in [1.165, 1.54) is 22.6 Å². The van der Waals surface area contributed by atoms with E-state index < -0.39 is 0 Å². The SMILES string of the molecule is CC#CCCc1ccc(CCC)s1. The van der Waals surface area contributed by atoms with Crippen molar-refractivity contribution < 1.29 is 0 Å². The van der Waals surface area contributed by atoms with E-state index in [0.29, 0.717) is 0 Å². The van der Waals surface area contributed by atoms with Gasteiger partial charge in [-0.1, -0.05) is 13.3 Å². The highest BCUT2D eigenvalue weighted by atomic mass is 32.1. The molecule has 70 valence electrons. The second-order valence-electron chi connectivity index (χ2n) is 3.04. The zero-order valence-corrected chi connectivity index (χ0v) is 9.21. The third-order valence-corrected chi connectivity index (χ3v) is 3.09. The molecule has 0 nitrogen and oxygen atoms in total. The topological polar surface area (TPSA) is 0 Å². The predicted molar refractivity (Wildman–Crippen MR) is 60.1 cm³/mol. The highest BCUT2D eigenvalue weighted by Gasteiger charge is 1.97. The molecule has 0 fully saturated rings. The van der Waals surface area contributed by atoms with E-state index in [-0.39, 0.29) is 0 Å². The summed E-state index contributed by atoms with van der Waals surface area (Å²) in [6.45, 7) is 4.12. The van der Waals surface area contributed by atoms with Crippen molar-refractivity contribution in [2.45, 2.75) is 39.5 Å². The fourth-order valence-corrected chi connectivity index (χ4v) is 2.37. The normalized spacial score (nSPS) is 9.38. The predicted octanol–water partition coefficient (Wildman–Crippen LogP) is 3.66. The lowest BCUT2D eigenvalue weighted by atomic mass is 10.2. The molecule has 1 heteroatoms. The summed E-state index contributed by atoms with van der Waals surface area (Å²) in [5.74, 6) is 6.02. The van der Waals surface area contributed by atoms with Crippen LogP contribution in [0.1, 0.15) is 36.4 Å². The Labute approximate surface area is 85.0 Å². The summed E-state index contributed by atoms with van der Waals surface area (Å²) in [6, 6.07) is 4.50. The Morgan fingerprint density at radius 3 is 2.54 bits per heavy atom. The Bertz CT molecular complexity index is 298. The van der Waals surface area contributed by atoms with Crippen LogP contribution in [0, 0.1) is 11.8 Å². The van der Waals surface area contributed by atoms with Crippen molar-refractivity contribution in [2.24, 2.45) is 0 Å². The maximum atomic E-state index is 3.09. The van der Waals surface area contributed by atoms with Crippen molar-refractivity contribution in [3.8, 4) is 11.8 Å². The second-order valence-corrected chi connectivity index (χ2v) is 4.30. The van der Waals surface area contributed by atoms with Gasteiger partial charge in [0, 0.05) is 16.2 Å². The molecule has 0 aliphatic rings. The van der Waals surface area contributed by atoms with Crippen molar-refractivity contribution in [3.05, 3.63) is 21.9 Å². The van der Waals surface area contributed by atoms with Gasteiger partial charge in [0.05, 0.1) is 0 Å². The van der Waals surface area contributed by atoms with Crippen LogP contribution in [0.4, 0.5) is 0 Å². The molecule has 0 aliphatic carbocycles. The first-order valence-corrected chi connectivity index (χ1v) is 5.65. The molecule has 0 aromatic carbocycles. The van der Waals surface area contributed by atoms with Crippen LogP contribution in [-0.4, -0.2) is 0 Å². The molecular weight excluding hydrogens is 176 g/mol. The Morgan fingerprint density at radius 1 is 1.23 bits per heavy atom. The maximum Gasteiger partial charge on any atom is 0.0137 e. The van der Waals surface area contributed by atoms with E-state index in [9.17, 15) is 0 Å². The second kappa shape index (κ2) is 5.83. The quantitative estimate of drug-likeness (QED) is 0.639. The summed E-state index contributed by atoms with van der Waals surface area (Å²) in [6.07, 6.45) is 4.59. The Balaban J connectivity index is 2.42. The van der Waals surface area contributed by atoms with Crippen LogP contribution in [0.2, 0.25) is 0 Å². The average Bonchev–Trinajstić information content (AvgIpc) is 2.54. The van der Waals surface area contributed by atoms with Crippen molar-refractivity contribution in [1.82, 2.24) is 0 Å². The van der Waals surface area contributed by atoms with Crippen LogP contribution >= 0.6 is 11.3 Å². The minimum Gasteiger partial charge on any atom is -0.145 e.